The Hall–Kier alpha value is -0.260. The molecular formula is C9H18N2O2S. The summed E-state index contributed by atoms with van der Waals surface area (Å²) in [6.45, 7) is 4.99. The lowest BCUT2D eigenvalue weighted by atomic mass is 9.92. The molecule has 1 unspecified atom stereocenters. The summed E-state index contributed by atoms with van der Waals surface area (Å²) in [5, 5.41) is 11.8. The second-order valence-electron chi connectivity index (χ2n) is 3.48. The SMILES string of the molecule is CCC1(CC)SCCNC1C(=O)NO. The summed E-state index contributed by atoms with van der Waals surface area (Å²) in [6.07, 6.45) is 1.86. The predicted octanol–water partition coefficient (Wildman–Crippen LogP) is 0.756. The summed E-state index contributed by atoms with van der Waals surface area (Å²) in [5.74, 6) is 0.706. The van der Waals surface area contributed by atoms with Gasteiger partial charge in [0, 0.05) is 17.0 Å². The highest BCUT2D eigenvalue weighted by atomic mass is 32.2. The van der Waals surface area contributed by atoms with Crippen LogP contribution in [0.15, 0.2) is 0 Å². The Morgan fingerprint density at radius 1 is 1.64 bits per heavy atom. The maximum atomic E-state index is 11.5. The number of rotatable bonds is 3. The number of hydroxylamine groups is 1. The first kappa shape index (κ1) is 11.8. The molecule has 0 aromatic carbocycles. The van der Waals surface area contributed by atoms with E-state index in [0.717, 1.165) is 25.1 Å². The summed E-state index contributed by atoms with van der Waals surface area (Å²) >= 11 is 1.83. The molecule has 14 heavy (non-hydrogen) atoms. The van der Waals surface area contributed by atoms with Crippen molar-refractivity contribution in [2.45, 2.75) is 37.5 Å². The monoisotopic (exact) mass is 218 g/mol. The smallest absolute Gasteiger partial charge is 0.261 e. The number of hydrogen-bond acceptors (Lipinski definition) is 4. The van der Waals surface area contributed by atoms with Gasteiger partial charge in [-0.05, 0) is 12.8 Å². The first-order chi connectivity index (χ1) is 6.70. The Balaban J connectivity index is 2.81. The molecule has 0 spiro atoms. The van der Waals surface area contributed by atoms with Crippen molar-refractivity contribution in [1.82, 2.24) is 10.8 Å². The average molecular weight is 218 g/mol. The highest BCUT2D eigenvalue weighted by molar-refractivity contribution is 8.00. The number of hydrogen-bond donors (Lipinski definition) is 3. The van der Waals surface area contributed by atoms with Crippen LogP contribution in [0, 0.1) is 0 Å². The normalized spacial score (nSPS) is 25.8. The lowest BCUT2D eigenvalue weighted by Gasteiger charge is -2.41. The summed E-state index contributed by atoms with van der Waals surface area (Å²) in [4.78, 5) is 11.5. The largest absolute Gasteiger partial charge is 0.304 e. The maximum absolute atomic E-state index is 11.5. The van der Waals surface area contributed by atoms with Gasteiger partial charge in [0.15, 0.2) is 0 Å². The summed E-state index contributed by atoms with van der Waals surface area (Å²) in [5.41, 5.74) is 1.74. The molecule has 1 aliphatic heterocycles. The van der Waals surface area contributed by atoms with Gasteiger partial charge < -0.3 is 5.32 Å². The van der Waals surface area contributed by atoms with Crippen molar-refractivity contribution in [3.63, 3.8) is 0 Å². The standard InChI is InChI=1S/C9H18N2O2S/c1-3-9(4-2)7(8(12)11-13)10-5-6-14-9/h7,10,13H,3-6H2,1-2H3,(H,11,12). The molecule has 1 saturated heterocycles. The fraction of sp³-hybridized carbons (Fsp3) is 0.889. The highest BCUT2D eigenvalue weighted by Gasteiger charge is 2.42. The van der Waals surface area contributed by atoms with E-state index in [1.54, 1.807) is 5.48 Å². The number of amides is 1. The molecule has 5 heteroatoms. The van der Waals surface area contributed by atoms with E-state index in [-0.39, 0.29) is 16.7 Å². The fourth-order valence-electron chi connectivity index (χ4n) is 1.99. The van der Waals surface area contributed by atoms with Gasteiger partial charge >= 0.3 is 0 Å². The molecule has 0 radical (unpaired) electrons. The molecule has 0 saturated carbocycles. The van der Waals surface area contributed by atoms with Crippen LogP contribution in [-0.4, -0.2) is 34.2 Å². The highest BCUT2D eigenvalue weighted by Crippen LogP contribution is 2.38. The molecule has 0 aromatic heterocycles. The number of carbonyl (C=O) groups is 1. The number of thioether (sulfide) groups is 1. The average Bonchev–Trinajstić information content (AvgIpc) is 2.27. The van der Waals surface area contributed by atoms with Gasteiger partial charge in [0.25, 0.3) is 5.91 Å². The zero-order chi connectivity index (χ0) is 10.6. The molecule has 0 aliphatic carbocycles. The Morgan fingerprint density at radius 2 is 2.29 bits per heavy atom. The van der Waals surface area contributed by atoms with Crippen molar-refractivity contribution in [2.24, 2.45) is 0 Å². The summed E-state index contributed by atoms with van der Waals surface area (Å²) < 4.78 is -0.0644. The lowest BCUT2D eigenvalue weighted by molar-refractivity contribution is -0.132. The van der Waals surface area contributed by atoms with Crippen molar-refractivity contribution in [1.29, 1.82) is 0 Å². The molecule has 1 amide bonds. The molecule has 0 bridgehead atoms. The summed E-state index contributed by atoms with van der Waals surface area (Å²) in [7, 11) is 0. The van der Waals surface area contributed by atoms with Crippen molar-refractivity contribution < 1.29 is 10.0 Å². The topological polar surface area (TPSA) is 61.4 Å². The first-order valence-corrected chi connectivity index (χ1v) is 6.00. The Morgan fingerprint density at radius 3 is 2.79 bits per heavy atom. The Kier molecular flexibility index (Phi) is 4.22. The van der Waals surface area contributed by atoms with Crippen LogP contribution in [0.3, 0.4) is 0 Å². The molecule has 1 atom stereocenters. The second-order valence-corrected chi connectivity index (χ2v) is 4.99. The second kappa shape index (κ2) is 5.00. The van der Waals surface area contributed by atoms with E-state index >= 15 is 0 Å². The van der Waals surface area contributed by atoms with Crippen molar-refractivity contribution in [2.75, 3.05) is 12.3 Å². The zero-order valence-corrected chi connectivity index (χ0v) is 9.49. The zero-order valence-electron chi connectivity index (χ0n) is 8.67. The van der Waals surface area contributed by atoms with Crippen LogP contribution in [0.25, 0.3) is 0 Å². The van der Waals surface area contributed by atoms with Crippen LogP contribution < -0.4 is 10.8 Å². The quantitative estimate of drug-likeness (QED) is 0.483. The molecule has 1 rings (SSSR count). The third kappa shape index (κ3) is 2.04. The van der Waals surface area contributed by atoms with Gasteiger partial charge in [-0.15, -0.1) is 0 Å². The van der Waals surface area contributed by atoms with E-state index in [9.17, 15) is 4.79 Å². The van der Waals surface area contributed by atoms with Gasteiger partial charge in [-0.2, -0.15) is 11.8 Å². The van der Waals surface area contributed by atoms with Crippen LogP contribution in [0.1, 0.15) is 26.7 Å². The minimum atomic E-state index is -0.319. The molecule has 1 aliphatic rings. The van der Waals surface area contributed by atoms with Crippen molar-refractivity contribution in [3.05, 3.63) is 0 Å². The molecule has 1 fully saturated rings. The minimum Gasteiger partial charge on any atom is -0.304 e. The molecule has 0 aromatic rings. The van der Waals surface area contributed by atoms with E-state index in [0.29, 0.717) is 0 Å². The van der Waals surface area contributed by atoms with Crippen LogP contribution in [0.5, 0.6) is 0 Å². The van der Waals surface area contributed by atoms with E-state index in [4.69, 9.17) is 5.21 Å². The van der Waals surface area contributed by atoms with Gasteiger partial charge in [0.05, 0.1) is 0 Å². The Labute approximate surface area is 88.8 Å². The van der Waals surface area contributed by atoms with Gasteiger partial charge in [-0.1, -0.05) is 13.8 Å². The van der Waals surface area contributed by atoms with Crippen LogP contribution >= 0.6 is 11.8 Å². The van der Waals surface area contributed by atoms with Crippen LogP contribution in [0.2, 0.25) is 0 Å². The molecular weight excluding hydrogens is 200 g/mol. The number of carbonyl (C=O) groups excluding carboxylic acids is 1. The molecule has 4 nitrogen and oxygen atoms in total. The lowest BCUT2D eigenvalue weighted by Crippen LogP contribution is -2.59. The van der Waals surface area contributed by atoms with Gasteiger partial charge in [-0.3, -0.25) is 10.0 Å². The maximum Gasteiger partial charge on any atom is 0.261 e. The van der Waals surface area contributed by atoms with E-state index in [2.05, 4.69) is 19.2 Å². The van der Waals surface area contributed by atoms with Gasteiger partial charge in [-0.25, -0.2) is 5.48 Å². The van der Waals surface area contributed by atoms with E-state index in [1.807, 2.05) is 11.8 Å². The summed E-state index contributed by atoms with van der Waals surface area (Å²) in [6, 6.07) is -0.277. The van der Waals surface area contributed by atoms with E-state index < -0.39 is 0 Å². The third-order valence-electron chi connectivity index (χ3n) is 2.94. The van der Waals surface area contributed by atoms with Crippen LogP contribution in [-0.2, 0) is 4.79 Å². The Bertz CT molecular complexity index is 207. The number of nitrogens with one attached hydrogen (secondary N) is 2. The first-order valence-electron chi connectivity index (χ1n) is 5.01. The van der Waals surface area contributed by atoms with Crippen LogP contribution in [0.4, 0.5) is 0 Å². The van der Waals surface area contributed by atoms with E-state index in [1.165, 1.54) is 0 Å². The predicted molar refractivity (Wildman–Crippen MR) is 57.5 cm³/mol. The molecule has 1 heterocycles. The van der Waals surface area contributed by atoms with Crippen molar-refractivity contribution >= 4 is 17.7 Å². The minimum absolute atomic E-state index is 0.0644. The fourth-order valence-corrected chi connectivity index (χ4v) is 3.38. The van der Waals surface area contributed by atoms with Gasteiger partial charge in [0.1, 0.15) is 6.04 Å². The van der Waals surface area contributed by atoms with Crippen molar-refractivity contribution in [3.8, 4) is 0 Å². The molecule has 82 valence electrons. The third-order valence-corrected chi connectivity index (χ3v) is 4.73. The molecule has 3 N–H and O–H groups in total. The van der Waals surface area contributed by atoms with Gasteiger partial charge in [0.2, 0.25) is 0 Å².